The number of nitrogens with zero attached hydrogens (tertiary/aromatic N) is 4. The molecule has 9 heteroatoms. The second-order valence-electron chi connectivity index (χ2n) is 7.98. The Morgan fingerprint density at radius 2 is 1.79 bits per heavy atom. The van der Waals surface area contributed by atoms with Crippen LogP contribution in [0, 0.1) is 25.2 Å². The quantitative estimate of drug-likeness (QED) is 0.589. The van der Waals surface area contributed by atoms with Crippen LogP contribution >= 0.6 is 0 Å². The third kappa shape index (κ3) is 3.83. The molecule has 1 fully saturated rings. The first-order chi connectivity index (χ1) is 15.7. The van der Waals surface area contributed by atoms with Crippen LogP contribution in [0.15, 0.2) is 54.6 Å². The van der Waals surface area contributed by atoms with E-state index in [9.17, 15) is 14.4 Å². The van der Waals surface area contributed by atoms with Crippen LogP contribution in [0.2, 0.25) is 0 Å². The van der Waals surface area contributed by atoms with E-state index in [4.69, 9.17) is 5.26 Å². The van der Waals surface area contributed by atoms with Crippen molar-refractivity contribution in [1.82, 2.24) is 20.0 Å². The lowest BCUT2D eigenvalue weighted by Gasteiger charge is -2.22. The second kappa shape index (κ2) is 8.24. The number of aryl methyl sites for hydroxylation is 1. The number of amides is 4. The fourth-order valence-corrected chi connectivity index (χ4v) is 3.88. The molecule has 0 aliphatic carbocycles. The van der Waals surface area contributed by atoms with E-state index in [1.165, 1.54) is 0 Å². The first kappa shape index (κ1) is 21.8. The normalized spacial score (nSPS) is 17.6. The van der Waals surface area contributed by atoms with Crippen molar-refractivity contribution < 1.29 is 14.4 Å². The van der Waals surface area contributed by atoms with E-state index in [2.05, 4.69) is 15.7 Å². The molecule has 2 aromatic carbocycles. The third-order valence-corrected chi connectivity index (χ3v) is 5.72. The maximum atomic E-state index is 13.1. The Morgan fingerprint density at radius 3 is 2.42 bits per heavy atom. The molecular weight excluding hydrogens is 420 g/mol. The monoisotopic (exact) mass is 442 g/mol. The van der Waals surface area contributed by atoms with Gasteiger partial charge in [0.2, 0.25) is 5.91 Å². The van der Waals surface area contributed by atoms with Crippen LogP contribution < -0.4 is 10.6 Å². The lowest BCUT2D eigenvalue weighted by atomic mass is 9.91. The number of anilines is 1. The van der Waals surface area contributed by atoms with E-state index >= 15 is 0 Å². The summed E-state index contributed by atoms with van der Waals surface area (Å²) in [6.45, 7) is 4.74. The molecule has 0 spiro atoms. The van der Waals surface area contributed by atoms with Gasteiger partial charge in [0.25, 0.3) is 5.91 Å². The Hall–Kier alpha value is -4.45. The molecule has 1 aromatic heterocycles. The summed E-state index contributed by atoms with van der Waals surface area (Å²) >= 11 is 0. The minimum Gasteiger partial charge on any atom is -0.321 e. The number of nitrogens with one attached hydrogen (secondary N) is 2. The van der Waals surface area contributed by atoms with Crippen molar-refractivity contribution in [3.8, 4) is 11.8 Å². The molecule has 1 unspecified atom stereocenters. The van der Waals surface area contributed by atoms with Crippen molar-refractivity contribution in [2.24, 2.45) is 0 Å². The van der Waals surface area contributed by atoms with Crippen molar-refractivity contribution in [2.45, 2.75) is 26.3 Å². The van der Waals surface area contributed by atoms with Gasteiger partial charge in [-0.2, -0.15) is 10.4 Å². The number of para-hydroxylation sites is 1. The highest BCUT2D eigenvalue weighted by molar-refractivity contribution is 6.10. The molecule has 0 radical (unpaired) electrons. The van der Waals surface area contributed by atoms with Gasteiger partial charge in [-0.15, -0.1) is 0 Å². The molecule has 3 aromatic rings. The van der Waals surface area contributed by atoms with E-state index in [-0.39, 0.29) is 0 Å². The van der Waals surface area contributed by atoms with E-state index in [1.54, 1.807) is 42.8 Å². The Labute approximate surface area is 190 Å². The highest BCUT2D eigenvalue weighted by Crippen LogP contribution is 2.29. The standard InChI is InChI=1S/C24H22N6O3/c1-15-21(16(2)30(28-15)19-7-5-4-6-8-19)26-20(31)14-29-22(32)24(3,27-23(29)33)18-11-9-17(13-25)10-12-18/h4-12H,14H2,1-3H3,(H,26,31)(H,27,33). The number of carbonyl (C=O) groups excluding carboxylic acids is 3. The Morgan fingerprint density at radius 1 is 1.12 bits per heavy atom. The van der Waals surface area contributed by atoms with Gasteiger partial charge in [0.1, 0.15) is 12.1 Å². The number of hydrogen-bond acceptors (Lipinski definition) is 5. The van der Waals surface area contributed by atoms with E-state index < -0.39 is 29.9 Å². The van der Waals surface area contributed by atoms with E-state index in [1.807, 2.05) is 43.3 Å². The smallest absolute Gasteiger partial charge is 0.321 e. The van der Waals surface area contributed by atoms with Crippen LogP contribution in [-0.2, 0) is 15.1 Å². The summed E-state index contributed by atoms with van der Waals surface area (Å²) in [5, 5.41) is 18.9. The van der Waals surface area contributed by atoms with Crippen LogP contribution in [0.5, 0.6) is 0 Å². The van der Waals surface area contributed by atoms with Gasteiger partial charge in [-0.3, -0.25) is 14.5 Å². The highest BCUT2D eigenvalue weighted by atomic mass is 16.2. The molecule has 1 saturated heterocycles. The summed E-state index contributed by atoms with van der Waals surface area (Å²) in [7, 11) is 0. The van der Waals surface area contributed by atoms with E-state index in [0.29, 0.717) is 22.5 Å². The minimum atomic E-state index is -1.32. The Balaban J connectivity index is 1.51. The van der Waals surface area contributed by atoms with Gasteiger partial charge >= 0.3 is 6.03 Å². The molecule has 2 N–H and O–H groups in total. The van der Waals surface area contributed by atoms with E-state index in [0.717, 1.165) is 16.3 Å². The molecule has 0 bridgehead atoms. The number of rotatable bonds is 5. The topological polar surface area (TPSA) is 120 Å². The van der Waals surface area contributed by atoms with Gasteiger partial charge in [-0.05, 0) is 50.6 Å². The van der Waals surface area contributed by atoms with Crippen molar-refractivity contribution in [2.75, 3.05) is 11.9 Å². The first-order valence-corrected chi connectivity index (χ1v) is 10.3. The fraction of sp³-hybridized carbons (Fsp3) is 0.208. The van der Waals surface area contributed by atoms with Crippen molar-refractivity contribution in [3.63, 3.8) is 0 Å². The highest BCUT2D eigenvalue weighted by Gasteiger charge is 2.49. The Bertz CT molecular complexity index is 1290. The van der Waals surface area contributed by atoms with Crippen molar-refractivity contribution in [1.29, 1.82) is 5.26 Å². The Kier molecular flexibility index (Phi) is 5.44. The number of carbonyl (C=O) groups is 3. The predicted octanol–water partition coefficient (Wildman–Crippen LogP) is 2.77. The number of nitriles is 1. The molecule has 166 valence electrons. The number of imide groups is 1. The van der Waals surface area contributed by atoms with Crippen LogP contribution in [0.3, 0.4) is 0 Å². The summed E-state index contributed by atoms with van der Waals surface area (Å²) in [6.07, 6.45) is 0. The average molecular weight is 442 g/mol. The minimum absolute atomic E-state index is 0.439. The molecule has 9 nitrogen and oxygen atoms in total. The molecule has 4 amide bonds. The van der Waals surface area contributed by atoms with Crippen LogP contribution in [-0.4, -0.2) is 39.1 Å². The maximum Gasteiger partial charge on any atom is 0.325 e. The number of benzene rings is 2. The van der Waals surface area contributed by atoms with Gasteiger partial charge in [0, 0.05) is 0 Å². The molecule has 0 saturated carbocycles. The van der Waals surface area contributed by atoms with Crippen LogP contribution in [0.4, 0.5) is 10.5 Å². The van der Waals surface area contributed by atoms with Gasteiger partial charge in [-0.25, -0.2) is 9.48 Å². The third-order valence-electron chi connectivity index (χ3n) is 5.72. The molecule has 4 rings (SSSR count). The number of hydrogen-bond donors (Lipinski definition) is 2. The summed E-state index contributed by atoms with van der Waals surface area (Å²) in [5.74, 6) is -1.05. The summed E-state index contributed by atoms with van der Waals surface area (Å²) in [4.78, 5) is 39.3. The van der Waals surface area contributed by atoms with Crippen molar-refractivity contribution in [3.05, 3.63) is 77.1 Å². The second-order valence-corrected chi connectivity index (χ2v) is 7.98. The molecular formula is C24H22N6O3. The molecule has 2 heterocycles. The number of urea groups is 1. The first-order valence-electron chi connectivity index (χ1n) is 10.3. The van der Waals surface area contributed by atoms with Crippen LogP contribution in [0.25, 0.3) is 5.69 Å². The molecule has 33 heavy (non-hydrogen) atoms. The maximum absolute atomic E-state index is 13.1. The van der Waals surface area contributed by atoms with Gasteiger partial charge in [0.15, 0.2) is 0 Å². The fourth-order valence-electron chi connectivity index (χ4n) is 3.88. The van der Waals surface area contributed by atoms with Gasteiger partial charge in [0.05, 0.1) is 34.4 Å². The zero-order valence-electron chi connectivity index (χ0n) is 18.4. The molecule has 1 atom stereocenters. The zero-order valence-corrected chi connectivity index (χ0v) is 18.4. The number of aromatic nitrogens is 2. The molecule has 1 aliphatic rings. The SMILES string of the molecule is Cc1nn(-c2ccccc2)c(C)c1NC(=O)CN1C(=O)NC(C)(c2ccc(C#N)cc2)C1=O. The van der Waals surface area contributed by atoms with Crippen LogP contribution in [0.1, 0.15) is 29.4 Å². The van der Waals surface area contributed by atoms with Gasteiger partial charge < -0.3 is 10.6 Å². The lowest BCUT2D eigenvalue weighted by molar-refractivity contribution is -0.133. The molecule has 1 aliphatic heterocycles. The average Bonchev–Trinajstić information content (AvgIpc) is 3.22. The van der Waals surface area contributed by atoms with Crippen molar-refractivity contribution >= 4 is 23.5 Å². The summed E-state index contributed by atoms with van der Waals surface area (Å²) < 4.78 is 1.72. The largest absolute Gasteiger partial charge is 0.325 e. The zero-order chi connectivity index (χ0) is 23.8. The predicted molar refractivity (Wildman–Crippen MR) is 120 cm³/mol. The summed E-state index contributed by atoms with van der Waals surface area (Å²) in [6, 6.07) is 17.2. The lowest BCUT2D eigenvalue weighted by Crippen LogP contribution is -2.42. The van der Waals surface area contributed by atoms with Gasteiger partial charge in [-0.1, -0.05) is 30.3 Å². The summed E-state index contributed by atoms with van der Waals surface area (Å²) in [5.41, 5.74) is 2.37.